The first-order valence-corrected chi connectivity index (χ1v) is 11.7. The molecule has 1 saturated heterocycles. The lowest BCUT2D eigenvalue weighted by molar-refractivity contribution is -0.124. The van der Waals surface area contributed by atoms with Crippen molar-refractivity contribution in [1.82, 2.24) is 4.90 Å². The molecule has 1 aliphatic heterocycles. The second-order valence-corrected chi connectivity index (χ2v) is 10.8. The summed E-state index contributed by atoms with van der Waals surface area (Å²) in [4.78, 5) is 21.4. The van der Waals surface area contributed by atoms with Crippen LogP contribution in [-0.4, -0.2) is 23.2 Å². The molecule has 0 radical (unpaired) electrons. The number of hydrogen-bond acceptors (Lipinski definition) is 5. The predicted octanol–water partition coefficient (Wildman–Crippen LogP) is 6.71. The Morgan fingerprint density at radius 2 is 1.85 bits per heavy atom. The van der Waals surface area contributed by atoms with Crippen LogP contribution >= 0.6 is 45.8 Å². The number of aryl methyl sites for hydroxylation is 2. The van der Waals surface area contributed by atoms with Crippen molar-refractivity contribution in [2.24, 2.45) is 0 Å². The van der Waals surface area contributed by atoms with E-state index in [-0.39, 0.29) is 11.3 Å². The van der Waals surface area contributed by atoms with Crippen molar-refractivity contribution in [2.75, 3.05) is 7.05 Å². The number of nitrogens with zero attached hydrogens (tertiary/aromatic N) is 1. The van der Waals surface area contributed by atoms with Crippen molar-refractivity contribution in [1.29, 1.82) is 0 Å². The van der Waals surface area contributed by atoms with Crippen molar-refractivity contribution in [3.05, 3.63) is 50.6 Å². The number of thioether (sulfide) groups is 1. The number of carbonyl (C=O) groups excluding carboxylic acids is 1. The van der Waals surface area contributed by atoms with Crippen molar-refractivity contribution < 1.29 is 4.79 Å². The van der Waals surface area contributed by atoms with Gasteiger partial charge >= 0.3 is 0 Å². The molecule has 6 heteroatoms. The quantitative estimate of drug-likeness (QED) is 0.441. The highest BCUT2D eigenvalue weighted by molar-refractivity contribution is 8.05. The molecule has 1 amide bonds. The number of thiophene rings is 3. The molecule has 2 nitrogen and oxygen atoms in total. The van der Waals surface area contributed by atoms with Gasteiger partial charge in [0.25, 0.3) is 5.91 Å². The van der Waals surface area contributed by atoms with Gasteiger partial charge in [0.2, 0.25) is 0 Å². The van der Waals surface area contributed by atoms with Crippen LogP contribution in [0.15, 0.2) is 34.6 Å². The molecule has 3 aromatic rings. The lowest BCUT2D eigenvalue weighted by atomic mass is 10.2. The minimum Gasteiger partial charge on any atom is -0.329 e. The van der Waals surface area contributed by atoms with Crippen LogP contribution in [0.1, 0.15) is 22.9 Å². The highest BCUT2D eigenvalue weighted by Gasteiger charge is 2.30. The van der Waals surface area contributed by atoms with Crippen LogP contribution in [-0.2, 0) is 4.79 Å². The zero-order valence-corrected chi connectivity index (χ0v) is 18.3. The summed E-state index contributed by atoms with van der Waals surface area (Å²) in [6, 6.07) is 8.78. The number of rotatable bonds is 3. The van der Waals surface area contributed by atoms with E-state index in [0.717, 1.165) is 9.78 Å². The SMILES string of the molecule is Cc1ccsc1-c1cc(C)c(-c2ccc(/C=C3/SC(C)N(C)C3=O)s2)s1. The molecule has 4 heterocycles. The highest BCUT2D eigenvalue weighted by Crippen LogP contribution is 2.44. The third-order valence-electron chi connectivity index (χ3n) is 4.50. The van der Waals surface area contributed by atoms with E-state index in [1.807, 2.05) is 24.5 Å². The topological polar surface area (TPSA) is 20.3 Å². The van der Waals surface area contributed by atoms with E-state index in [4.69, 9.17) is 0 Å². The lowest BCUT2D eigenvalue weighted by Gasteiger charge is -2.11. The van der Waals surface area contributed by atoms with Crippen molar-refractivity contribution in [3.8, 4) is 19.5 Å². The van der Waals surface area contributed by atoms with Gasteiger partial charge in [-0.3, -0.25) is 4.79 Å². The maximum atomic E-state index is 12.3. The fourth-order valence-electron chi connectivity index (χ4n) is 2.89. The molecule has 26 heavy (non-hydrogen) atoms. The highest BCUT2D eigenvalue weighted by atomic mass is 32.2. The van der Waals surface area contributed by atoms with Gasteiger partial charge < -0.3 is 4.90 Å². The molecular formula is C20H19NOS4. The Bertz CT molecular complexity index is 1010. The lowest BCUT2D eigenvalue weighted by Crippen LogP contribution is -2.25. The Balaban J connectivity index is 1.64. The first kappa shape index (κ1) is 18.0. The molecule has 0 bridgehead atoms. The summed E-state index contributed by atoms with van der Waals surface area (Å²) in [7, 11) is 1.86. The summed E-state index contributed by atoms with van der Waals surface area (Å²) in [5.41, 5.74) is 2.66. The smallest absolute Gasteiger partial charge is 0.261 e. The maximum absolute atomic E-state index is 12.3. The van der Waals surface area contributed by atoms with Gasteiger partial charge in [-0.05, 0) is 67.6 Å². The fraction of sp³-hybridized carbons (Fsp3) is 0.250. The Kier molecular flexibility index (Phi) is 4.86. The van der Waals surface area contributed by atoms with Gasteiger partial charge in [-0.15, -0.1) is 34.0 Å². The largest absolute Gasteiger partial charge is 0.329 e. The van der Waals surface area contributed by atoms with E-state index in [0.29, 0.717) is 0 Å². The number of amides is 1. The van der Waals surface area contributed by atoms with Crippen LogP contribution in [0.4, 0.5) is 0 Å². The number of likely N-dealkylation sites (N-methyl/N-ethyl adjacent to an activating group) is 1. The monoisotopic (exact) mass is 417 g/mol. The van der Waals surface area contributed by atoms with Gasteiger partial charge in [0.15, 0.2) is 0 Å². The van der Waals surface area contributed by atoms with Crippen molar-refractivity contribution >= 4 is 57.8 Å². The molecule has 134 valence electrons. The zero-order valence-electron chi connectivity index (χ0n) is 15.0. The molecular weight excluding hydrogens is 398 g/mol. The van der Waals surface area contributed by atoms with E-state index in [1.165, 1.54) is 30.6 Å². The number of hydrogen-bond donors (Lipinski definition) is 0. The Labute approximate surface area is 170 Å². The Morgan fingerprint density at radius 1 is 1.04 bits per heavy atom. The summed E-state index contributed by atoms with van der Waals surface area (Å²) >= 11 is 7.06. The van der Waals surface area contributed by atoms with Crippen LogP contribution in [0.5, 0.6) is 0 Å². The average molecular weight is 418 g/mol. The van der Waals surface area contributed by atoms with E-state index in [2.05, 4.69) is 50.4 Å². The average Bonchev–Trinajstić information content (AvgIpc) is 3.35. The molecule has 0 saturated carbocycles. The third kappa shape index (κ3) is 3.20. The first-order valence-electron chi connectivity index (χ1n) is 8.34. The Morgan fingerprint density at radius 3 is 2.50 bits per heavy atom. The van der Waals surface area contributed by atoms with Crippen molar-refractivity contribution in [2.45, 2.75) is 26.1 Å². The fourth-order valence-corrected chi connectivity index (χ4v) is 7.44. The van der Waals surface area contributed by atoms with Crippen LogP contribution < -0.4 is 0 Å². The molecule has 0 spiro atoms. The van der Waals surface area contributed by atoms with E-state index in [9.17, 15) is 4.79 Å². The van der Waals surface area contributed by atoms with E-state index < -0.39 is 0 Å². The minimum absolute atomic E-state index is 0.125. The summed E-state index contributed by atoms with van der Waals surface area (Å²) in [5.74, 6) is 0.125. The second-order valence-electron chi connectivity index (χ2n) is 6.40. The molecule has 1 aliphatic rings. The summed E-state index contributed by atoms with van der Waals surface area (Å²) < 4.78 is 0. The molecule has 4 rings (SSSR count). The third-order valence-corrected chi connectivity index (χ3v) is 9.35. The van der Waals surface area contributed by atoms with Gasteiger partial charge in [0, 0.05) is 31.4 Å². The molecule has 0 aliphatic carbocycles. The minimum atomic E-state index is 0.125. The van der Waals surface area contributed by atoms with Crippen LogP contribution in [0.25, 0.3) is 25.6 Å². The Hall–Kier alpha value is -1.34. The summed E-state index contributed by atoms with van der Waals surface area (Å²) in [6.45, 7) is 6.42. The van der Waals surface area contributed by atoms with Gasteiger partial charge in [0.05, 0.1) is 10.3 Å². The van der Waals surface area contributed by atoms with Crippen molar-refractivity contribution in [3.63, 3.8) is 0 Å². The normalized spacial score (nSPS) is 19.1. The zero-order chi connectivity index (χ0) is 18.4. The second kappa shape index (κ2) is 7.00. The standard InChI is InChI=1S/C20H19NOS4/c1-11-7-8-23-18(11)16-9-12(2)19(26-16)15-6-5-14(25-15)10-17-20(22)21(4)13(3)24-17/h5-10,13H,1-4H3/b17-10+. The van der Waals surface area contributed by atoms with Crippen LogP contribution in [0.3, 0.4) is 0 Å². The van der Waals surface area contributed by atoms with E-state index >= 15 is 0 Å². The molecule has 0 aromatic carbocycles. The first-order chi connectivity index (χ1) is 12.4. The van der Waals surface area contributed by atoms with Gasteiger partial charge in [-0.2, -0.15) is 0 Å². The summed E-state index contributed by atoms with van der Waals surface area (Å²) in [5, 5.41) is 2.37. The molecule has 0 N–H and O–H groups in total. The maximum Gasteiger partial charge on any atom is 0.261 e. The predicted molar refractivity (Wildman–Crippen MR) is 118 cm³/mol. The molecule has 1 unspecified atom stereocenters. The molecule has 3 aromatic heterocycles. The molecule has 1 fully saturated rings. The number of carbonyl (C=O) groups is 1. The van der Waals surface area contributed by atoms with Gasteiger partial charge in [-0.1, -0.05) is 11.8 Å². The van der Waals surface area contributed by atoms with Crippen LogP contribution in [0, 0.1) is 13.8 Å². The summed E-state index contributed by atoms with van der Waals surface area (Å²) in [6.07, 6.45) is 2.04. The van der Waals surface area contributed by atoms with Crippen LogP contribution in [0.2, 0.25) is 0 Å². The van der Waals surface area contributed by atoms with Gasteiger partial charge in [0.1, 0.15) is 0 Å². The molecule has 1 atom stereocenters. The van der Waals surface area contributed by atoms with E-state index in [1.54, 1.807) is 39.3 Å². The van der Waals surface area contributed by atoms with Gasteiger partial charge in [-0.25, -0.2) is 0 Å².